The molecule has 2 nitrogen and oxygen atoms in total. The Morgan fingerprint density at radius 1 is 1.13 bits per heavy atom. The summed E-state index contributed by atoms with van der Waals surface area (Å²) in [7, 11) is 0. The maximum atomic E-state index is 5.58. The molecule has 1 aromatic carbocycles. The second-order valence-corrected chi connectivity index (χ2v) is 4.45. The molecule has 0 bridgehead atoms. The number of thiophene rings is 1. The first kappa shape index (κ1) is 10.4. The van der Waals surface area contributed by atoms with Gasteiger partial charge in [0.2, 0.25) is 0 Å². The molecule has 0 fully saturated rings. The van der Waals surface area contributed by atoms with E-state index in [1.54, 1.807) is 11.3 Å². The summed E-state index contributed by atoms with van der Waals surface area (Å²) in [5.74, 6) is 5.58. The van der Waals surface area contributed by atoms with Crippen molar-refractivity contribution in [1.82, 2.24) is 5.43 Å². The normalized spacial score (nSPS) is 12.6. The maximum absolute atomic E-state index is 5.58. The van der Waals surface area contributed by atoms with E-state index in [9.17, 15) is 0 Å². The monoisotopic (exact) mass is 218 g/mol. The van der Waals surface area contributed by atoms with Crippen molar-refractivity contribution in [3.8, 4) is 0 Å². The molecule has 0 saturated heterocycles. The van der Waals surface area contributed by atoms with Crippen molar-refractivity contribution >= 4 is 11.3 Å². The summed E-state index contributed by atoms with van der Waals surface area (Å²) < 4.78 is 0. The van der Waals surface area contributed by atoms with Crippen LogP contribution in [0.15, 0.2) is 47.8 Å². The lowest BCUT2D eigenvalue weighted by atomic mass is 10.0. The van der Waals surface area contributed by atoms with Crippen LogP contribution in [0.2, 0.25) is 0 Å². The van der Waals surface area contributed by atoms with Crippen LogP contribution in [0.1, 0.15) is 16.5 Å². The van der Waals surface area contributed by atoms with Gasteiger partial charge in [-0.25, -0.2) is 0 Å². The summed E-state index contributed by atoms with van der Waals surface area (Å²) in [5.41, 5.74) is 4.09. The number of hydrogen-bond donors (Lipinski definition) is 2. The van der Waals surface area contributed by atoms with E-state index < -0.39 is 0 Å². The number of nitrogens with two attached hydrogens (primary N) is 1. The average Bonchev–Trinajstić information content (AvgIpc) is 2.80. The van der Waals surface area contributed by atoms with Gasteiger partial charge in [0.25, 0.3) is 0 Å². The fourth-order valence-electron chi connectivity index (χ4n) is 1.59. The molecule has 0 radical (unpaired) electrons. The minimum atomic E-state index is 0.199. The van der Waals surface area contributed by atoms with E-state index in [-0.39, 0.29) is 6.04 Å². The highest BCUT2D eigenvalue weighted by molar-refractivity contribution is 7.09. The van der Waals surface area contributed by atoms with Gasteiger partial charge < -0.3 is 0 Å². The Hall–Kier alpha value is -1.16. The molecule has 1 heterocycles. The van der Waals surface area contributed by atoms with Crippen LogP contribution >= 0.6 is 11.3 Å². The quantitative estimate of drug-likeness (QED) is 0.611. The zero-order valence-corrected chi connectivity index (χ0v) is 9.21. The summed E-state index contributed by atoms with van der Waals surface area (Å²) in [5, 5.41) is 2.09. The van der Waals surface area contributed by atoms with Gasteiger partial charge in [0, 0.05) is 11.3 Å². The molecule has 1 atom stereocenters. The van der Waals surface area contributed by atoms with Gasteiger partial charge in [-0.05, 0) is 17.0 Å². The van der Waals surface area contributed by atoms with E-state index in [0.29, 0.717) is 0 Å². The van der Waals surface area contributed by atoms with Gasteiger partial charge in [0.1, 0.15) is 0 Å². The molecule has 1 unspecified atom stereocenters. The molecule has 0 amide bonds. The number of hydrazine groups is 1. The minimum Gasteiger partial charge on any atom is -0.271 e. The Balaban J connectivity index is 2.12. The van der Waals surface area contributed by atoms with Crippen LogP contribution in [-0.4, -0.2) is 0 Å². The molecule has 2 aromatic rings. The van der Waals surface area contributed by atoms with Crippen LogP contribution < -0.4 is 11.3 Å². The van der Waals surface area contributed by atoms with Crippen LogP contribution in [-0.2, 0) is 6.42 Å². The molecule has 0 aliphatic rings. The van der Waals surface area contributed by atoms with Crippen molar-refractivity contribution in [3.63, 3.8) is 0 Å². The van der Waals surface area contributed by atoms with Crippen LogP contribution in [0.3, 0.4) is 0 Å². The third-order valence-corrected chi connectivity index (χ3v) is 3.29. The minimum absolute atomic E-state index is 0.199. The van der Waals surface area contributed by atoms with E-state index >= 15 is 0 Å². The zero-order chi connectivity index (χ0) is 10.5. The number of benzene rings is 1. The summed E-state index contributed by atoms with van der Waals surface area (Å²) in [6.07, 6.45) is 0.943. The lowest BCUT2D eigenvalue weighted by Gasteiger charge is -2.15. The van der Waals surface area contributed by atoms with Crippen LogP contribution in [0, 0.1) is 0 Å². The summed E-state index contributed by atoms with van der Waals surface area (Å²) in [4.78, 5) is 1.35. The number of nitrogens with one attached hydrogen (secondary N) is 1. The molecule has 0 aliphatic carbocycles. The Bertz CT molecular complexity index is 383. The third-order valence-electron chi connectivity index (χ3n) is 2.39. The fourth-order valence-corrected chi connectivity index (χ4v) is 2.34. The first-order valence-electron chi connectivity index (χ1n) is 4.93. The smallest absolute Gasteiger partial charge is 0.0508 e. The molecular weight excluding hydrogens is 204 g/mol. The Morgan fingerprint density at radius 2 is 1.93 bits per heavy atom. The van der Waals surface area contributed by atoms with Gasteiger partial charge >= 0.3 is 0 Å². The van der Waals surface area contributed by atoms with Gasteiger partial charge in [-0.1, -0.05) is 36.4 Å². The SMILES string of the molecule is NNC(Cc1cccs1)c1ccccc1. The lowest BCUT2D eigenvalue weighted by molar-refractivity contribution is 0.555. The molecule has 0 saturated carbocycles. The van der Waals surface area contributed by atoms with Gasteiger partial charge in [-0.2, -0.15) is 0 Å². The van der Waals surface area contributed by atoms with E-state index in [1.165, 1.54) is 10.4 Å². The molecule has 0 spiro atoms. The predicted octanol–water partition coefficient (Wildman–Crippen LogP) is 2.50. The maximum Gasteiger partial charge on any atom is 0.0508 e. The summed E-state index contributed by atoms with van der Waals surface area (Å²) in [6, 6.07) is 14.7. The van der Waals surface area contributed by atoms with Gasteiger partial charge in [0.15, 0.2) is 0 Å². The topological polar surface area (TPSA) is 38.0 Å². The first-order valence-corrected chi connectivity index (χ1v) is 5.81. The Kier molecular flexibility index (Phi) is 3.50. The second kappa shape index (κ2) is 5.07. The van der Waals surface area contributed by atoms with Crippen molar-refractivity contribution in [2.45, 2.75) is 12.5 Å². The molecule has 3 N–H and O–H groups in total. The number of hydrogen-bond acceptors (Lipinski definition) is 3. The Morgan fingerprint density at radius 3 is 2.53 bits per heavy atom. The van der Waals surface area contributed by atoms with Gasteiger partial charge in [-0.3, -0.25) is 11.3 Å². The highest BCUT2D eigenvalue weighted by Gasteiger charge is 2.09. The first-order chi connectivity index (χ1) is 7.40. The lowest BCUT2D eigenvalue weighted by Crippen LogP contribution is -2.29. The molecule has 0 aliphatic heterocycles. The van der Waals surface area contributed by atoms with E-state index in [2.05, 4.69) is 35.1 Å². The highest BCUT2D eigenvalue weighted by Crippen LogP contribution is 2.20. The van der Waals surface area contributed by atoms with E-state index in [0.717, 1.165) is 6.42 Å². The number of rotatable bonds is 4. The largest absolute Gasteiger partial charge is 0.271 e. The van der Waals surface area contributed by atoms with Crippen LogP contribution in [0.4, 0.5) is 0 Å². The van der Waals surface area contributed by atoms with Crippen LogP contribution in [0.25, 0.3) is 0 Å². The summed E-state index contributed by atoms with van der Waals surface area (Å²) >= 11 is 1.77. The molecule has 1 aromatic heterocycles. The molecule has 3 heteroatoms. The zero-order valence-electron chi connectivity index (χ0n) is 8.39. The van der Waals surface area contributed by atoms with E-state index in [1.807, 2.05) is 18.2 Å². The molecular formula is C12H14N2S. The van der Waals surface area contributed by atoms with Gasteiger partial charge in [-0.15, -0.1) is 11.3 Å². The highest BCUT2D eigenvalue weighted by atomic mass is 32.1. The van der Waals surface area contributed by atoms with Crippen molar-refractivity contribution in [2.24, 2.45) is 5.84 Å². The Labute approximate surface area is 93.7 Å². The average molecular weight is 218 g/mol. The molecule has 78 valence electrons. The molecule has 2 rings (SSSR count). The predicted molar refractivity (Wildman–Crippen MR) is 64.5 cm³/mol. The standard InChI is InChI=1S/C12H14N2S/c13-14-12(9-11-7-4-8-15-11)10-5-2-1-3-6-10/h1-8,12,14H,9,13H2. The van der Waals surface area contributed by atoms with Crippen molar-refractivity contribution < 1.29 is 0 Å². The summed E-state index contributed by atoms with van der Waals surface area (Å²) in [6.45, 7) is 0. The van der Waals surface area contributed by atoms with Crippen molar-refractivity contribution in [2.75, 3.05) is 0 Å². The molecule has 15 heavy (non-hydrogen) atoms. The second-order valence-electron chi connectivity index (χ2n) is 3.41. The van der Waals surface area contributed by atoms with Crippen LogP contribution in [0.5, 0.6) is 0 Å². The van der Waals surface area contributed by atoms with Crippen molar-refractivity contribution in [1.29, 1.82) is 0 Å². The van der Waals surface area contributed by atoms with E-state index in [4.69, 9.17) is 5.84 Å². The van der Waals surface area contributed by atoms with Gasteiger partial charge in [0.05, 0.1) is 6.04 Å². The third kappa shape index (κ3) is 2.65. The fraction of sp³-hybridized carbons (Fsp3) is 0.167. The van der Waals surface area contributed by atoms with Crippen molar-refractivity contribution in [3.05, 3.63) is 58.3 Å².